The van der Waals surface area contributed by atoms with E-state index in [1.807, 2.05) is 77.9 Å². The van der Waals surface area contributed by atoms with Gasteiger partial charge in [-0.15, -0.1) is 0 Å². The van der Waals surface area contributed by atoms with E-state index in [-0.39, 0.29) is 11.3 Å². The van der Waals surface area contributed by atoms with Crippen LogP contribution in [0.5, 0.6) is 5.75 Å². The van der Waals surface area contributed by atoms with E-state index >= 15 is 0 Å². The number of hydrogen-bond donors (Lipinski definition) is 0. The Balaban J connectivity index is 0.00000216. The number of fused-ring (bicyclic) bond motifs is 1. The van der Waals surface area contributed by atoms with Crippen molar-refractivity contribution in [3.8, 4) is 16.9 Å². The zero-order valence-corrected chi connectivity index (χ0v) is 24.9. The van der Waals surface area contributed by atoms with Gasteiger partial charge in [0, 0.05) is 18.0 Å². The van der Waals surface area contributed by atoms with Crippen molar-refractivity contribution in [1.29, 1.82) is 0 Å². The number of ether oxygens (including phenoxy) is 2. The molecule has 3 aromatic carbocycles. The maximum atomic E-state index is 13.6. The minimum absolute atomic E-state index is 0.00981. The maximum Gasteiger partial charge on any atom is 0.337 e. The van der Waals surface area contributed by atoms with E-state index in [4.69, 9.17) is 9.47 Å². The van der Waals surface area contributed by atoms with Gasteiger partial charge in [-0.3, -0.25) is 9.69 Å². The van der Waals surface area contributed by atoms with Crippen LogP contribution in [0, 0.1) is 12.3 Å². The molecule has 6 nitrogen and oxygen atoms in total. The Morgan fingerprint density at radius 2 is 1.55 bits per heavy atom. The highest BCUT2D eigenvalue weighted by molar-refractivity contribution is 6.04. The third-order valence-corrected chi connectivity index (χ3v) is 6.43. The van der Waals surface area contributed by atoms with Crippen LogP contribution in [0.15, 0.2) is 72.9 Å². The normalized spacial score (nSPS) is 10.9. The summed E-state index contributed by atoms with van der Waals surface area (Å²) in [5.74, 6) is 1.02. The average Bonchev–Trinajstić information content (AvgIpc) is 2.95. The number of rotatable bonds is 7. The maximum absolute atomic E-state index is 13.6. The number of methoxy groups -OCH3 is 2. The van der Waals surface area contributed by atoms with Crippen LogP contribution in [0.4, 0.5) is 5.82 Å². The molecule has 0 saturated heterocycles. The largest absolute Gasteiger partial charge is 0.496 e. The van der Waals surface area contributed by atoms with Gasteiger partial charge in [-0.25, -0.2) is 9.78 Å². The van der Waals surface area contributed by atoms with Crippen LogP contribution in [-0.4, -0.2) is 31.1 Å². The number of pyridine rings is 1. The lowest BCUT2D eigenvalue weighted by molar-refractivity contribution is -0.120. The van der Waals surface area contributed by atoms with Crippen molar-refractivity contribution in [3.05, 3.63) is 89.6 Å². The van der Waals surface area contributed by atoms with Crippen molar-refractivity contribution in [2.75, 3.05) is 19.1 Å². The van der Waals surface area contributed by atoms with Gasteiger partial charge < -0.3 is 9.47 Å². The number of benzene rings is 3. The molecule has 1 aromatic heterocycles. The molecule has 0 atom stereocenters. The summed E-state index contributed by atoms with van der Waals surface area (Å²) in [6, 6.07) is 21.5. The molecule has 4 aromatic rings. The molecule has 6 heteroatoms. The summed E-state index contributed by atoms with van der Waals surface area (Å²) in [6.45, 7) is 12.6. The van der Waals surface area contributed by atoms with Crippen LogP contribution in [0.2, 0.25) is 0 Å². The zero-order valence-electron chi connectivity index (χ0n) is 24.9. The van der Waals surface area contributed by atoms with Crippen molar-refractivity contribution in [2.24, 2.45) is 5.41 Å². The summed E-state index contributed by atoms with van der Waals surface area (Å²) in [6.07, 6.45) is 2.04. The Labute approximate surface area is 238 Å². The molecule has 0 aliphatic heterocycles. The van der Waals surface area contributed by atoms with Crippen LogP contribution in [0.25, 0.3) is 21.9 Å². The van der Waals surface area contributed by atoms with Gasteiger partial charge in [0.15, 0.2) is 0 Å². The molecule has 4 rings (SSSR count). The number of carbonyl (C=O) groups is 2. The predicted molar refractivity (Wildman–Crippen MR) is 163 cm³/mol. The minimum atomic E-state index is -0.405. The topological polar surface area (TPSA) is 68.7 Å². The van der Waals surface area contributed by atoms with Gasteiger partial charge >= 0.3 is 5.97 Å². The fourth-order valence-corrected chi connectivity index (χ4v) is 4.50. The SMILES string of the molecule is CC.COC(=O)c1ccc2c(N(Cc3ccc(-c4ccc(OC)c(C)c4)cc3)C(=O)CC(C)(C)C)nccc2c1. The van der Waals surface area contributed by atoms with Crippen molar-refractivity contribution in [3.63, 3.8) is 0 Å². The molecule has 0 bridgehead atoms. The Morgan fingerprint density at radius 1 is 0.875 bits per heavy atom. The smallest absolute Gasteiger partial charge is 0.337 e. The second-order valence-electron chi connectivity index (χ2n) is 10.7. The first kappa shape index (κ1) is 30.4. The molecule has 0 aliphatic carbocycles. The highest BCUT2D eigenvalue weighted by Gasteiger charge is 2.25. The number of anilines is 1. The average molecular weight is 541 g/mol. The molecule has 1 amide bonds. The van der Waals surface area contributed by atoms with E-state index in [2.05, 4.69) is 23.2 Å². The summed E-state index contributed by atoms with van der Waals surface area (Å²) in [4.78, 5) is 32.0. The van der Waals surface area contributed by atoms with Crippen LogP contribution >= 0.6 is 0 Å². The van der Waals surface area contributed by atoms with Gasteiger partial charge in [0.2, 0.25) is 5.91 Å². The summed E-state index contributed by atoms with van der Waals surface area (Å²) in [5, 5.41) is 1.62. The molecular weight excluding hydrogens is 500 g/mol. The molecule has 0 radical (unpaired) electrons. The van der Waals surface area contributed by atoms with Gasteiger partial charge in [0.25, 0.3) is 0 Å². The highest BCUT2D eigenvalue weighted by Crippen LogP contribution is 2.31. The van der Waals surface area contributed by atoms with Gasteiger partial charge in [0.1, 0.15) is 11.6 Å². The van der Waals surface area contributed by atoms with Crippen molar-refractivity contribution in [1.82, 2.24) is 4.98 Å². The third-order valence-electron chi connectivity index (χ3n) is 6.43. The Bertz CT molecular complexity index is 1470. The molecule has 1 heterocycles. The van der Waals surface area contributed by atoms with Crippen LogP contribution < -0.4 is 9.64 Å². The molecule has 0 fully saturated rings. The van der Waals surface area contributed by atoms with E-state index in [1.165, 1.54) is 7.11 Å². The summed E-state index contributed by atoms with van der Waals surface area (Å²) >= 11 is 0. The lowest BCUT2D eigenvalue weighted by Gasteiger charge is -2.27. The number of aromatic nitrogens is 1. The number of amides is 1. The Hall–Kier alpha value is -4.19. The lowest BCUT2D eigenvalue weighted by Crippen LogP contribution is -2.34. The molecule has 0 spiro atoms. The first-order chi connectivity index (χ1) is 19.1. The molecule has 210 valence electrons. The van der Waals surface area contributed by atoms with Crippen LogP contribution in [0.3, 0.4) is 0 Å². The summed E-state index contributed by atoms with van der Waals surface area (Å²) in [7, 11) is 3.03. The van der Waals surface area contributed by atoms with Crippen LogP contribution in [-0.2, 0) is 16.1 Å². The van der Waals surface area contributed by atoms with Crippen LogP contribution in [0.1, 0.15) is 62.5 Å². The number of esters is 1. The fourth-order valence-electron chi connectivity index (χ4n) is 4.50. The zero-order chi connectivity index (χ0) is 29.4. The molecule has 40 heavy (non-hydrogen) atoms. The second-order valence-corrected chi connectivity index (χ2v) is 10.7. The van der Waals surface area contributed by atoms with Crippen molar-refractivity contribution < 1.29 is 19.1 Å². The standard InChI is InChI=1S/C32H34N2O4.C2H6/c1-21-17-24(12-14-28(21)37-5)23-9-7-22(8-10-23)20-34(29(35)19-32(2,3)4)30-27-13-11-26(31(36)38-6)18-25(27)15-16-33-30;1-2/h7-18H,19-20H2,1-6H3;1-2H3. The first-order valence-corrected chi connectivity index (χ1v) is 13.6. The first-order valence-electron chi connectivity index (χ1n) is 13.6. The monoisotopic (exact) mass is 540 g/mol. The molecule has 0 unspecified atom stereocenters. The quantitative estimate of drug-likeness (QED) is 0.222. The number of hydrogen-bond acceptors (Lipinski definition) is 5. The molecule has 0 aliphatic rings. The molecular formula is C34H40N2O4. The minimum Gasteiger partial charge on any atom is -0.496 e. The van der Waals surface area contributed by atoms with Gasteiger partial charge in [-0.1, -0.05) is 65.0 Å². The summed E-state index contributed by atoms with van der Waals surface area (Å²) in [5.41, 5.74) is 4.53. The van der Waals surface area contributed by atoms with E-state index < -0.39 is 5.97 Å². The van der Waals surface area contributed by atoms with E-state index in [0.29, 0.717) is 24.3 Å². The van der Waals surface area contributed by atoms with Gasteiger partial charge in [0.05, 0.1) is 26.3 Å². The van der Waals surface area contributed by atoms with Gasteiger partial charge in [-0.2, -0.15) is 0 Å². The predicted octanol–water partition coefficient (Wildman–Crippen LogP) is 8.00. The third kappa shape index (κ3) is 7.26. The van der Waals surface area contributed by atoms with Crippen molar-refractivity contribution in [2.45, 2.75) is 54.5 Å². The highest BCUT2D eigenvalue weighted by atomic mass is 16.5. The lowest BCUT2D eigenvalue weighted by atomic mass is 9.91. The van der Waals surface area contributed by atoms with E-state index in [0.717, 1.165) is 38.8 Å². The number of carbonyl (C=O) groups excluding carboxylic acids is 2. The van der Waals surface area contributed by atoms with Gasteiger partial charge in [-0.05, 0) is 76.4 Å². The fraction of sp³-hybridized carbons (Fsp3) is 0.324. The Kier molecular flexibility index (Phi) is 10.1. The number of aryl methyl sites for hydroxylation is 1. The van der Waals surface area contributed by atoms with E-state index in [1.54, 1.807) is 30.3 Å². The molecule has 0 N–H and O–H groups in total. The van der Waals surface area contributed by atoms with E-state index in [9.17, 15) is 9.59 Å². The number of nitrogens with zero attached hydrogens (tertiary/aromatic N) is 2. The Morgan fingerprint density at radius 3 is 2.15 bits per heavy atom. The summed E-state index contributed by atoms with van der Waals surface area (Å²) < 4.78 is 10.3. The second kappa shape index (κ2) is 13.2. The van der Waals surface area contributed by atoms with Crippen molar-refractivity contribution >= 4 is 28.5 Å². The molecule has 0 saturated carbocycles.